The highest BCUT2D eigenvalue weighted by molar-refractivity contribution is 6.03. The van der Waals surface area contributed by atoms with Gasteiger partial charge < -0.3 is 9.47 Å². The summed E-state index contributed by atoms with van der Waals surface area (Å²) in [4.78, 5) is 40.2. The predicted molar refractivity (Wildman–Crippen MR) is 103 cm³/mol. The van der Waals surface area contributed by atoms with Gasteiger partial charge in [0.25, 0.3) is 0 Å². The van der Waals surface area contributed by atoms with Crippen LogP contribution in [0.5, 0.6) is 0 Å². The molecule has 0 saturated carbocycles. The van der Waals surface area contributed by atoms with Gasteiger partial charge in [-0.25, -0.2) is 9.59 Å². The number of rotatable bonds is 4. The number of amides is 1. The van der Waals surface area contributed by atoms with Gasteiger partial charge in [-0.05, 0) is 25.0 Å². The first kappa shape index (κ1) is 19.6. The SMILES string of the molecule is CCOC(=O)[C@@H]1[C@@H](c2ccccc2)C(=O)[C@H](c2ccc(C)cc2)N1C(=O)OC. The molecule has 28 heavy (non-hydrogen) atoms. The normalized spacial score (nSPS) is 21.5. The second-order valence-corrected chi connectivity index (χ2v) is 6.68. The van der Waals surface area contributed by atoms with Crippen LogP contribution >= 0.6 is 0 Å². The van der Waals surface area contributed by atoms with Crippen molar-refractivity contribution in [2.75, 3.05) is 13.7 Å². The Bertz CT molecular complexity index is 862. The lowest BCUT2D eigenvalue weighted by Gasteiger charge is -2.28. The molecule has 1 fully saturated rings. The first-order chi connectivity index (χ1) is 13.5. The van der Waals surface area contributed by atoms with E-state index in [1.54, 1.807) is 43.3 Å². The van der Waals surface area contributed by atoms with Crippen LogP contribution < -0.4 is 0 Å². The predicted octanol–water partition coefficient (Wildman–Crippen LogP) is 3.40. The van der Waals surface area contributed by atoms with Crippen molar-refractivity contribution in [3.05, 3.63) is 71.3 Å². The molecule has 0 spiro atoms. The Morgan fingerprint density at radius 3 is 2.21 bits per heavy atom. The lowest BCUT2D eigenvalue weighted by atomic mass is 9.88. The zero-order valence-corrected chi connectivity index (χ0v) is 16.1. The van der Waals surface area contributed by atoms with E-state index in [0.717, 1.165) is 5.56 Å². The first-order valence-electron chi connectivity index (χ1n) is 9.17. The van der Waals surface area contributed by atoms with Crippen molar-refractivity contribution in [1.82, 2.24) is 4.90 Å². The molecule has 2 aromatic rings. The summed E-state index contributed by atoms with van der Waals surface area (Å²) in [5.41, 5.74) is 2.32. The van der Waals surface area contributed by atoms with Crippen LogP contribution in [0.15, 0.2) is 54.6 Å². The summed E-state index contributed by atoms with van der Waals surface area (Å²) in [6.45, 7) is 3.77. The van der Waals surface area contributed by atoms with Crippen molar-refractivity contribution < 1.29 is 23.9 Å². The molecule has 0 bridgehead atoms. The van der Waals surface area contributed by atoms with Gasteiger partial charge in [-0.1, -0.05) is 60.2 Å². The summed E-state index contributed by atoms with van der Waals surface area (Å²) >= 11 is 0. The summed E-state index contributed by atoms with van der Waals surface area (Å²) < 4.78 is 10.1. The quantitative estimate of drug-likeness (QED) is 0.759. The van der Waals surface area contributed by atoms with E-state index in [1.165, 1.54) is 12.0 Å². The van der Waals surface area contributed by atoms with Gasteiger partial charge in [-0.3, -0.25) is 9.69 Å². The molecule has 0 unspecified atom stereocenters. The fourth-order valence-electron chi connectivity index (χ4n) is 3.67. The highest BCUT2D eigenvalue weighted by Gasteiger charge is 2.55. The molecule has 0 aromatic heterocycles. The van der Waals surface area contributed by atoms with Crippen molar-refractivity contribution in [3.8, 4) is 0 Å². The molecular weight excluding hydrogens is 358 g/mol. The Morgan fingerprint density at radius 2 is 1.64 bits per heavy atom. The van der Waals surface area contributed by atoms with Gasteiger partial charge in [-0.2, -0.15) is 0 Å². The number of aryl methyl sites for hydroxylation is 1. The summed E-state index contributed by atoms with van der Waals surface area (Å²) in [6.07, 6.45) is -0.740. The monoisotopic (exact) mass is 381 g/mol. The fourth-order valence-corrected chi connectivity index (χ4v) is 3.67. The first-order valence-corrected chi connectivity index (χ1v) is 9.17. The van der Waals surface area contributed by atoms with Crippen molar-refractivity contribution in [2.24, 2.45) is 0 Å². The van der Waals surface area contributed by atoms with Gasteiger partial charge in [-0.15, -0.1) is 0 Å². The van der Waals surface area contributed by atoms with Gasteiger partial charge >= 0.3 is 12.1 Å². The third-order valence-electron chi connectivity index (χ3n) is 4.93. The molecular formula is C22H23NO5. The fraction of sp³-hybridized carbons (Fsp3) is 0.318. The van der Waals surface area contributed by atoms with E-state index >= 15 is 0 Å². The second-order valence-electron chi connectivity index (χ2n) is 6.68. The molecule has 2 aromatic carbocycles. The number of benzene rings is 2. The van der Waals surface area contributed by atoms with Gasteiger partial charge in [0.05, 0.1) is 19.6 Å². The average molecular weight is 381 g/mol. The molecule has 3 atom stereocenters. The highest BCUT2D eigenvalue weighted by atomic mass is 16.6. The molecule has 6 heteroatoms. The molecule has 1 amide bonds. The number of methoxy groups -OCH3 is 1. The Kier molecular flexibility index (Phi) is 5.78. The Labute approximate surface area is 164 Å². The number of esters is 1. The largest absolute Gasteiger partial charge is 0.464 e. The zero-order chi connectivity index (χ0) is 20.3. The number of ketones is 1. The van der Waals surface area contributed by atoms with E-state index < -0.39 is 30.1 Å². The van der Waals surface area contributed by atoms with Crippen LogP contribution in [0.1, 0.15) is 35.6 Å². The van der Waals surface area contributed by atoms with E-state index in [-0.39, 0.29) is 12.4 Å². The van der Waals surface area contributed by atoms with Crippen LogP contribution in [0.2, 0.25) is 0 Å². The molecule has 0 N–H and O–H groups in total. The number of Topliss-reactive ketones (excluding diaryl/α,β-unsaturated/α-hetero) is 1. The number of carbonyl (C=O) groups is 3. The molecule has 1 aliphatic heterocycles. The highest BCUT2D eigenvalue weighted by Crippen LogP contribution is 2.43. The third-order valence-corrected chi connectivity index (χ3v) is 4.93. The summed E-state index contributed by atoms with van der Waals surface area (Å²) in [7, 11) is 1.23. The van der Waals surface area contributed by atoms with Gasteiger partial charge in [0.15, 0.2) is 5.78 Å². The Hall–Kier alpha value is -3.15. The van der Waals surface area contributed by atoms with E-state index in [2.05, 4.69) is 0 Å². The maximum atomic E-state index is 13.5. The maximum Gasteiger partial charge on any atom is 0.411 e. The molecule has 6 nitrogen and oxygen atoms in total. The van der Waals surface area contributed by atoms with Crippen molar-refractivity contribution in [3.63, 3.8) is 0 Å². The van der Waals surface area contributed by atoms with Crippen LogP contribution in [-0.2, 0) is 19.1 Å². The topological polar surface area (TPSA) is 72.9 Å². The Morgan fingerprint density at radius 1 is 1.00 bits per heavy atom. The number of ether oxygens (including phenoxy) is 2. The minimum atomic E-state index is -1.09. The van der Waals surface area contributed by atoms with Crippen LogP contribution in [0.4, 0.5) is 4.79 Å². The van der Waals surface area contributed by atoms with Crippen molar-refractivity contribution in [1.29, 1.82) is 0 Å². The molecule has 0 radical (unpaired) electrons. The summed E-state index contributed by atoms with van der Waals surface area (Å²) in [6, 6.07) is 14.3. The number of carbonyl (C=O) groups excluding carboxylic acids is 3. The standard InChI is InChI=1S/C22H23NO5/c1-4-28-21(25)19-17(15-8-6-5-7-9-15)20(24)18(23(19)22(26)27-3)16-12-10-14(2)11-13-16/h5-13,17-19H,4H2,1-3H3/t17-,18+,19+/m1/s1. The summed E-state index contributed by atoms with van der Waals surface area (Å²) in [5.74, 6) is -1.69. The molecule has 146 valence electrons. The minimum Gasteiger partial charge on any atom is -0.464 e. The maximum absolute atomic E-state index is 13.5. The van der Waals surface area contributed by atoms with Crippen LogP contribution in [0.3, 0.4) is 0 Å². The smallest absolute Gasteiger partial charge is 0.411 e. The molecule has 3 rings (SSSR count). The van der Waals surface area contributed by atoms with Crippen LogP contribution in [0, 0.1) is 6.92 Å². The van der Waals surface area contributed by atoms with E-state index in [1.807, 2.05) is 25.1 Å². The second kappa shape index (κ2) is 8.25. The summed E-state index contributed by atoms with van der Waals surface area (Å²) in [5, 5.41) is 0. The lowest BCUT2D eigenvalue weighted by molar-refractivity contribution is -0.149. The lowest BCUT2D eigenvalue weighted by Crippen LogP contribution is -2.44. The average Bonchev–Trinajstić information content (AvgIpc) is 3.02. The molecule has 1 heterocycles. The van der Waals surface area contributed by atoms with E-state index in [0.29, 0.717) is 11.1 Å². The van der Waals surface area contributed by atoms with Gasteiger partial charge in [0.2, 0.25) is 0 Å². The number of likely N-dealkylation sites (tertiary alicyclic amines) is 1. The third kappa shape index (κ3) is 3.50. The molecule has 1 aliphatic rings. The Balaban J connectivity index is 2.16. The van der Waals surface area contributed by atoms with Crippen molar-refractivity contribution in [2.45, 2.75) is 31.8 Å². The van der Waals surface area contributed by atoms with Crippen molar-refractivity contribution >= 4 is 17.8 Å². The number of nitrogens with zero attached hydrogens (tertiary/aromatic N) is 1. The van der Waals surface area contributed by atoms with Gasteiger partial charge in [0.1, 0.15) is 12.1 Å². The van der Waals surface area contributed by atoms with E-state index in [9.17, 15) is 14.4 Å². The van der Waals surface area contributed by atoms with Crippen LogP contribution in [0.25, 0.3) is 0 Å². The number of hydrogen-bond donors (Lipinski definition) is 0. The molecule has 1 saturated heterocycles. The van der Waals surface area contributed by atoms with Crippen LogP contribution in [-0.4, -0.2) is 42.5 Å². The van der Waals surface area contributed by atoms with Gasteiger partial charge in [0, 0.05) is 0 Å². The zero-order valence-electron chi connectivity index (χ0n) is 16.1. The minimum absolute atomic E-state index is 0.148. The molecule has 0 aliphatic carbocycles. The van der Waals surface area contributed by atoms with E-state index in [4.69, 9.17) is 9.47 Å². The number of hydrogen-bond acceptors (Lipinski definition) is 5.